The van der Waals surface area contributed by atoms with E-state index in [4.69, 9.17) is 0 Å². The molecule has 0 radical (unpaired) electrons. The van der Waals surface area contributed by atoms with Crippen molar-refractivity contribution in [2.45, 2.75) is 5.25 Å². The van der Waals surface area contributed by atoms with Crippen LogP contribution in [0.1, 0.15) is 10.1 Å². The molecule has 1 atom stereocenters. The van der Waals surface area contributed by atoms with Crippen LogP contribution in [0.3, 0.4) is 0 Å². The second-order valence-corrected chi connectivity index (χ2v) is 4.79. The van der Waals surface area contributed by atoms with Crippen LogP contribution in [0.25, 0.3) is 0 Å². The zero-order valence-electron chi connectivity index (χ0n) is 6.45. The van der Waals surface area contributed by atoms with Gasteiger partial charge in [-0.1, -0.05) is 6.07 Å². The van der Waals surface area contributed by atoms with E-state index in [9.17, 15) is 4.79 Å². The first-order valence-corrected chi connectivity index (χ1v) is 5.71. The van der Waals surface area contributed by atoms with Gasteiger partial charge in [0.15, 0.2) is 0 Å². The van der Waals surface area contributed by atoms with Crippen LogP contribution in [0.2, 0.25) is 0 Å². The lowest BCUT2D eigenvalue weighted by molar-refractivity contribution is -0.118. The predicted molar refractivity (Wildman–Crippen MR) is 52.5 cm³/mol. The van der Waals surface area contributed by atoms with E-state index in [0.717, 1.165) is 6.54 Å². The van der Waals surface area contributed by atoms with Gasteiger partial charge >= 0.3 is 0 Å². The fraction of sp³-hybridized carbons (Fsp3) is 0.375. The lowest BCUT2D eigenvalue weighted by atomic mass is 10.3. The van der Waals surface area contributed by atoms with E-state index in [1.807, 2.05) is 0 Å². The normalized spacial score (nSPS) is 23.7. The smallest absolute Gasteiger partial charge is 0.230 e. The van der Waals surface area contributed by atoms with Gasteiger partial charge in [0.05, 0.1) is 11.0 Å². The molecule has 0 spiro atoms. The largest absolute Gasteiger partial charge is 0.354 e. The van der Waals surface area contributed by atoms with Crippen molar-refractivity contribution >= 4 is 29.0 Å². The Bertz CT molecular complexity index is 261. The van der Waals surface area contributed by atoms with Gasteiger partial charge < -0.3 is 5.32 Å². The summed E-state index contributed by atoms with van der Waals surface area (Å²) in [4.78, 5) is 12.2. The van der Waals surface area contributed by atoms with Crippen molar-refractivity contribution in [3.8, 4) is 0 Å². The fourth-order valence-electron chi connectivity index (χ4n) is 1.15. The summed E-state index contributed by atoms with van der Waals surface area (Å²) in [6, 6.07) is 4.18. The molecule has 1 aromatic rings. The SMILES string of the molecule is O=C1CS[C@@H](c2cccs2)CN1. The molecule has 0 bridgehead atoms. The standard InChI is InChI=1S/C8H9NOS2/c10-8-5-12-7(4-9-8)6-2-1-3-11-6/h1-3,7H,4-5H2,(H,9,10)/t7-/m1/s1. The number of hydrogen-bond donors (Lipinski definition) is 1. The summed E-state index contributed by atoms with van der Waals surface area (Å²) < 4.78 is 0. The average molecular weight is 199 g/mol. The highest BCUT2D eigenvalue weighted by Gasteiger charge is 2.20. The van der Waals surface area contributed by atoms with Gasteiger partial charge in [0.25, 0.3) is 0 Å². The van der Waals surface area contributed by atoms with Gasteiger partial charge in [-0.2, -0.15) is 0 Å². The summed E-state index contributed by atoms with van der Waals surface area (Å²) in [6.45, 7) is 0.782. The van der Waals surface area contributed by atoms with Gasteiger partial charge in [-0.05, 0) is 11.4 Å². The Morgan fingerprint density at radius 3 is 3.08 bits per heavy atom. The van der Waals surface area contributed by atoms with Crippen LogP contribution in [0.4, 0.5) is 0 Å². The molecule has 12 heavy (non-hydrogen) atoms. The first kappa shape index (κ1) is 8.13. The molecule has 1 aromatic heterocycles. The van der Waals surface area contributed by atoms with Crippen molar-refractivity contribution in [2.75, 3.05) is 12.3 Å². The summed E-state index contributed by atoms with van der Waals surface area (Å²) in [5.41, 5.74) is 0. The van der Waals surface area contributed by atoms with Crippen LogP contribution in [0, 0.1) is 0 Å². The Kier molecular flexibility index (Phi) is 2.37. The molecule has 64 valence electrons. The van der Waals surface area contributed by atoms with Gasteiger partial charge in [0.1, 0.15) is 0 Å². The lowest BCUT2D eigenvalue weighted by Gasteiger charge is -2.20. The minimum Gasteiger partial charge on any atom is -0.354 e. The second kappa shape index (κ2) is 3.49. The van der Waals surface area contributed by atoms with E-state index >= 15 is 0 Å². The molecule has 0 saturated carbocycles. The van der Waals surface area contributed by atoms with E-state index < -0.39 is 0 Å². The van der Waals surface area contributed by atoms with E-state index in [0.29, 0.717) is 11.0 Å². The maximum Gasteiger partial charge on any atom is 0.230 e. The minimum atomic E-state index is 0.160. The number of carbonyl (C=O) groups excluding carboxylic acids is 1. The highest BCUT2D eigenvalue weighted by molar-refractivity contribution is 8.00. The third-order valence-corrected chi connectivity index (χ3v) is 4.15. The van der Waals surface area contributed by atoms with Crippen molar-refractivity contribution in [3.05, 3.63) is 22.4 Å². The number of carbonyl (C=O) groups is 1. The van der Waals surface area contributed by atoms with Crippen molar-refractivity contribution in [1.82, 2.24) is 5.32 Å². The first-order chi connectivity index (χ1) is 5.86. The monoisotopic (exact) mass is 199 g/mol. The van der Waals surface area contributed by atoms with Crippen LogP contribution in [-0.4, -0.2) is 18.2 Å². The number of thiophene rings is 1. The van der Waals surface area contributed by atoms with Gasteiger partial charge in [-0.25, -0.2) is 0 Å². The minimum absolute atomic E-state index is 0.160. The van der Waals surface area contributed by atoms with Crippen LogP contribution < -0.4 is 5.32 Å². The molecule has 0 aliphatic carbocycles. The second-order valence-electron chi connectivity index (χ2n) is 2.62. The highest BCUT2D eigenvalue weighted by Crippen LogP contribution is 2.32. The molecule has 0 aromatic carbocycles. The molecular formula is C8H9NOS2. The van der Waals surface area contributed by atoms with Crippen molar-refractivity contribution in [1.29, 1.82) is 0 Å². The van der Waals surface area contributed by atoms with E-state index in [2.05, 4.69) is 22.8 Å². The molecule has 1 aliphatic heterocycles. The lowest BCUT2D eigenvalue weighted by Crippen LogP contribution is -2.33. The zero-order valence-corrected chi connectivity index (χ0v) is 8.08. The summed E-state index contributed by atoms with van der Waals surface area (Å²) >= 11 is 3.49. The molecule has 1 aliphatic rings. The van der Waals surface area contributed by atoms with Crippen LogP contribution in [-0.2, 0) is 4.79 Å². The highest BCUT2D eigenvalue weighted by atomic mass is 32.2. The topological polar surface area (TPSA) is 29.1 Å². The van der Waals surface area contributed by atoms with Gasteiger partial charge in [-0.15, -0.1) is 23.1 Å². The number of hydrogen-bond acceptors (Lipinski definition) is 3. The van der Waals surface area contributed by atoms with E-state index in [-0.39, 0.29) is 5.91 Å². The molecule has 1 N–H and O–H groups in total. The van der Waals surface area contributed by atoms with Crippen molar-refractivity contribution in [3.63, 3.8) is 0 Å². The van der Waals surface area contributed by atoms with Gasteiger partial charge in [-0.3, -0.25) is 4.79 Å². The molecule has 1 saturated heterocycles. The fourth-order valence-corrected chi connectivity index (χ4v) is 3.13. The molecule has 1 amide bonds. The molecule has 0 unspecified atom stereocenters. The maximum absolute atomic E-state index is 10.8. The molecule has 1 fully saturated rings. The van der Waals surface area contributed by atoms with Crippen LogP contribution >= 0.6 is 23.1 Å². The zero-order chi connectivity index (χ0) is 8.39. The average Bonchev–Trinajstić information content (AvgIpc) is 2.58. The number of rotatable bonds is 1. The molecule has 2 rings (SSSR count). The summed E-state index contributed by atoms with van der Waals surface area (Å²) in [5, 5.41) is 5.42. The predicted octanol–water partition coefficient (Wildman–Crippen LogP) is 1.65. The van der Waals surface area contributed by atoms with E-state index in [1.165, 1.54) is 4.88 Å². The number of amides is 1. The maximum atomic E-state index is 10.8. The van der Waals surface area contributed by atoms with Crippen molar-refractivity contribution in [2.24, 2.45) is 0 Å². The number of nitrogens with one attached hydrogen (secondary N) is 1. The molecule has 2 heterocycles. The Morgan fingerprint density at radius 1 is 1.58 bits per heavy atom. The van der Waals surface area contributed by atoms with Crippen LogP contribution in [0.5, 0.6) is 0 Å². The summed E-state index contributed by atoms with van der Waals surface area (Å²) in [7, 11) is 0. The first-order valence-electron chi connectivity index (χ1n) is 3.78. The van der Waals surface area contributed by atoms with Crippen LogP contribution in [0.15, 0.2) is 17.5 Å². The van der Waals surface area contributed by atoms with Gasteiger partial charge in [0, 0.05) is 11.4 Å². The third kappa shape index (κ3) is 1.64. The Morgan fingerprint density at radius 2 is 2.50 bits per heavy atom. The van der Waals surface area contributed by atoms with Gasteiger partial charge in [0.2, 0.25) is 5.91 Å². The number of thioether (sulfide) groups is 1. The summed E-state index contributed by atoms with van der Waals surface area (Å²) in [6.07, 6.45) is 0. The Labute approximate surface area is 79.4 Å². The van der Waals surface area contributed by atoms with Crippen molar-refractivity contribution < 1.29 is 4.79 Å². The molecule has 4 heteroatoms. The Balaban J connectivity index is 2.03. The van der Waals surface area contributed by atoms with E-state index in [1.54, 1.807) is 23.1 Å². The third-order valence-electron chi connectivity index (χ3n) is 1.76. The Hall–Kier alpha value is -0.480. The quantitative estimate of drug-likeness (QED) is 0.745. The molecular weight excluding hydrogens is 190 g/mol. The summed E-state index contributed by atoms with van der Waals surface area (Å²) in [5.74, 6) is 0.760. The molecule has 2 nitrogen and oxygen atoms in total.